The first kappa shape index (κ1) is 20.8. The summed E-state index contributed by atoms with van der Waals surface area (Å²) in [6.07, 6.45) is -4.44. The fourth-order valence-electron chi connectivity index (χ4n) is 2.23. The molecule has 27 heavy (non-hydrogen) atoms. The van der Waals surface area contributed by atoms with Gasteiger partial charge >= 0.3 is 12.1 Å². The summed E-state index contributed by atoms with van der Waals surface area (Å²) in [4.78, 5) is 24.5. The van der Waals surface area contributed by atoms with Crippen molar-refractivity contribution in [1.82, 2.24) is 0 Å². The Labute approximate surface area is 159 Å². The second-order valence-electron chi connectivity index (χ2n) is 5.84. The molecule has 0 saturated heterocycles. The smallest absolute Gasteiger partial charge is 0.416 e. The number of amides is 1. The maximum atomic E-state index is 12.5. The number of rotatable bonds is 6. The Hall–Kier alpha value is -2.48. The van der Waals surface area contributed by atoms with Gasteiger partial charge in [0.15, 0.2) is 6.61 Å². The molecule has 0 spiro atoms. The second kappa shape index (κ2) is 8.94. The fraction of sp³-hybridized carbons (Fsp3) is 0.263. The second-order valence-corrected chi connectivity index (χ2v) is 6.86. The third kappa shape index (κ3) is 6.63. The van der Waals surface area contributed by atoms with E-state index in [4.69, 9.17) is 4.74 Å². The highest BCUT2D eigenvalue weighted by Crippen LogP contribution is 2.29. The van der Waals surface area contributed by atoms with Crippen LogP contribution in [0.5, 0.6) is 0 Å². The third-order valence-electron chi connectivity index (χ3n) is 3.54. The Morgan fingerprint density at radius 1 is 1.07 bits per heavy atom. The molecule has 0 aliphatic rings. The zero-order valence-electron chi connectivity index (χ0n) is 14.7. The average molecular weight is 397 g/mol. The van der Waals surface area contributed by atoms with Gasteiger partial charge in [0.05, 0.1) is 11.3 Å². The molecule has 8 heteroatoms. The van der Waals surface area contributed by atoms with Gasteiger partial charge in [0.1, 0.15) is 0 Å². The van der Waals surface area contributed by atoms with E-state index in [2.05, 4.69) is 5.32 Å². The Morgan fingerprint density at radius 2 is 1.74 bits per heavy atom. The van der Waals surface area contributed by atoms with Gasteiger partial charge in [-0.3, -0.25) is 9.59 Å². The van der Waals surface area contributed by atoms with E-state index >= 15 is 0 Å². The normalized spacial score (nSPS) is 11.1. The van der Waals surface area contributed by atoms with Gasteiger partial charge in [0.25, 0.3) is 5.91 Å². The minimum absolute atomic E-state index is 0.0530. The highest BCUT2D eigenvalue weighted by molar-refractivity contribution is 8.00. The fourth-order valence-corrected chi connectivity index (χ4v) is 3.03. The molecule has 0 radical (unpaired) electrons. The number of nitrogens with one attached hydrogen (secondary N) is 1. The molecule has 1 N–H and O–H groups in total. The SMILES string of the molecule is Cc1ccc(SCC(=O)OCC(=O)Nc2ccc(C(F)(F)F)cc2)c(C)c1. The number of hydrogen-bond donors (Lipinski definition) is 1. The van der Waals surface area contributed by atoms with E-state index in [9.17, 15) is 22.8 Å². The van der Waals surface area contributed by atoms with Crippen LogP contribution in [0.1, 0.15) is 16.7 Å². The maximum absolute atomic E-state index is 12.5. The Morgan fingerprint density at radius 3 is 2.33 bits per heavy atom. The van der Waals surface area contributed by atoms with Crippen molar-refractivity contribution in [3.8, 4) is 0 Å². The number of carbonyl (C=O) groups excluding carboxylic acids is 2. The number of esters is 1. The predicted octanol–water partition coefficient (Wildman–Crippen LogP) is 4.60. The van der Waals surface area contributed by atoms with Gasteiger partial charge in [-0.05, 0) is 49.7 Å². The molecule has 1 amide bonds. The molecule has 0 aliphatic carbocycles. The topological polar surface area (TPSA) is 55.4 Å². The minimum Gasteiger partial charge on any atom is -0.455 e. The molecule has 144 valence electrons. The van der Waals surface area contributed by atoms with E-state index in [1.54, 1.807) is 0 Å². The Balaban J connectivity index is 1.77. The first-order valence-corrected chi connectivity index (χ1v) is 8.96. The van der Waals surface area contributed by atoms with Crippen molar-refractivity contribution in [3.05, 3.63) is 59.2 Å². The zero-order valence-corrected chi connectivity index (χ0v) is 15.5. The van der Waals surface area contributed by atoms with Crippen LogP contribution in [-0.4, -0.2) is 24.2 Å². The first-order chi connectivity index (χ1) is 12.6. The van der Waals surface area contributed by atoms with Crippen molar-refractivity contribution in [2.24, 2.45) is 0 Å². The van der Waals surface area contributed by atoms with Crippen LogP contribution in [0.15, 0.2) is 47.4 Å². The molecule has 2 rings (SSSR count). The highest BCUT2D eigenvalue weighted by atomic mass is 32.2. The van der Waals surface area contributed by atoms with E-state index in [0.29, 0.717) is 0 Å². The number of anilines is 1. The van der Waals surface area contributed by atoms with Gasteiger partial charge < -0.3 is 10.1 Å². The van der Waals surface area contributed by atoms with Gasteiger partial charge in [0, 0.05) is 10.6 Å². The van der Waals surface area contributed by atoms with Crippen LogP contribution in [-0.2, 0) is 20.5 Å². The van der Waals surface area contributed by atoms with Gasteiger partial charge in [-0.25, -0.2) is 0 Å². The van der Waals surface area contributed by atoms with Gasteiger partial charge in [-0.1, -0.05) is 17.7 Å². The largest absolute Gasteiger partial charge is 0.455 e. The average Bonchev–Trinajstić information content (AvgIpc) is 2.59. The molecular formula is C19H18F3NO3S. The summed E-state index contributed by atoms with van der Waals surface area (Å²) in [6.45, 7) is 3.41. The number of benzene rings is 2. The molecule has 0 bridgehead atoms. The first-order valence-electron chi connectivity index (χ1n) is 7.98. The Bertz CT molecular complexity index is 820. The lowest BCUT2D eigenvalue weighted by Gasteiger charge is -2.09. The number of halogens is 3. The van der Waals surface area contributed by atoms with E-state index in [-0.39, 0.29) is 11.4 Å². The number of ether oxygens (including phenoxy) is 1. The monoisotopic (exact) mass is 397 g/mol. The van der Waals surface area contributed by atoms with Gasteiger partial charge in [0.2, 0.25) is 0 Å². The van der Waals surface area contributed by atoms with Crippen LogP contribution in [0.3, 0.4) is 0 Å². The van der Waals surface area contributed by atoms with Crippen LogP contribution >= 0.6 is 11.8 Å². The summed E-state index contributed by atoms with van der Waals surface area (Å²) >= 11 is 1.31. The maximum Gasteiger partial charge on any atom is 0.416 e. The number of thioether (sulfide) groups is 1. The molecule has 4 nitrogen and oxygen atoms in total. The molecule has 2 aromatic carbocycles. The summed E-state index contributed by atoms with van der Waals surface area (Å²) in [6, 6.07) is 9.87. The minimum atomic E-state index is -4.44. The lowest BCUT2D eigenvalue weighted by atomic mass is 10.2. The van der Waals surface area contributed by atoms with E-state index in [1.807, 2.05) is 32.0 Å². The standard InChI is InChI=1S/C19H18F3NO3S/c1-12-3-8-16(13(2)9-12)27-11-18(25)26-10-17(24)23-15-6-4-14(5-7-15)19(20,21)22/h3-9H,10-11H2,1-2H3,(H,23,24). The van der Waals surface area contributed by atoms with Crippen molar-refractivity contribution in [2.75, 3.05) is 17.7 Å². The lowest BCUT2D eigenvalue weighted by molar-refractivity contribution is -0.144. The third-order valence-corrected chi connectivity index (χ3v) is 4.69. The van der Waals surface area contributed by atoms with E-state index < -0.39 is 30.2 Å². The molecular weight excluding hydrogens is 379 g/mol. The summed E-state index contributed by atoms with van der Waals surface area (Å²) in [5.41, 5.74) is 1.55. The van der Waals surface area contributed by atoms with Crippen LogP contribution in [0, 0.1) is 13.8 Å². The quantitative estimate of drug-likeness (QED) is 0.572. The lowest BCUT2D eigenvalue weighted by Crippen LogP contribution is -2.21. The van der Waals surface area contributed by atoms with Crippen LogP contribution < -0.4 is 5.32 Å². The van der Waals surface area contributed by atoms with Crippen molar-refractivity contribution in [3.63, 3.8) is 0 Å². The number of aryl methyl sites for hydroxylation is 2. The number of hydrogen-bond acceptors (Lipinski definition) is 4. The van der Waals surface area contributed by atoms with E-state index in [1.165, 1.54) is 11.8 Å². The van der Waals surface area contributed by atoms with Crippen molar-refractivity contribution in [2.45, 2.75) is 24.9 Å². The van der Waals surface area contributed by atoms with Crippen LogP contribution in [0.4, 0.5) is 18.9 Å². The zero-order chi connectivity index (χ0) is 20.0. The Kier molecular flexibility index (Phi) is 6.90. The van der Waals surface area contributed by atoms with Crippen molar-refractivity contribution < 1.29 is 27.5 Å². The summed E-state index contributed by atoms with van der Waals surface area (Å²) in [7, 11) is 0. The molecule has 0 heterocycles. The molecule has 0 atom stereocenters. The molecule has 0 aromatic heterocycles. The molecule has 0 fully saturated rings. The predicted molar refractivity (Wildman–Crippen MR) is 97.7 cm³/mol. The molecule has 0 aliphatic heterocycles. The summed E-state index contributed by atoms with van der Waals surface area (Å²) in [5.74, 6) is -1.13. The highest BCUT2D eigenvalue weighted by Gasteiger charge is 2.29. The number of alkyl halides is 3. The van der Waals surface area contributed by atoms with Crippen molar-refractivity contribution >= 4 is 29.3 Å². The number of carbonyl (C=O) groups is 2. The molecule has 2 aromatic rings. The molecule has 0 saturated carbocycles. The van der Waals surface area contributed by atoms with Crippen LogP contribution in [0.25, 0.3) is 0 Å². The van der Waals surface area contributed by atoms with Crippen molar-refractivity contribution in [1.29, 1.82) is 0 Å². The summed E-state index contributed by atoms with van der Waals surface area (Å²) in [5, 5.41) is 2.37. The van der Waals surface area contributed by atoms with Gasteiger partial charge in [-0.15, -0.1) is 11.8 Å². The summed E-state index contributed by atoms with van der Waals surface area (Å²) < 4.78 is 42.3. The molecule has 0 unspecified atom stereocenters. The van der Waals surface area contributed by atoms with E-state index in [0.717, 1.165) is 40.3 Å². The van der Waals surface area contributed by atoms with Crippen LogP contribution in [0.2, 0.25) is 0 Å². The van der Waals surface area contributed by atoms with Gasteiger partial charge in [-0.2, -0.15) is 13.2 Å².